The smallest absolute Gasteiger partial charge is 0.118 e. The Morgan fingerprint density at radius 3 is 1.65 bits per heavy atom. The summed E-state index contributed by atoms with van der Waals surface area (Å²) in [5.74, 6) is 1.13. The summed E-state index contributed by atoms with van der Waals surface area (Å²) < 4.78 is 0. The van der Waals surface area contributed by atoms with Crippen LogP contribution in [-0.2, 0) is 6.42 Å². The summed E-state index contributed by atoms with van der Waals surface area (Å²) in [5, 5.41) is 9.85. The van der Waals surface area contributed by atoms with Crippen molar-refractivity contribution in [1.82, 2.24) is 0 Å². The van der Waals surface area contributed by atoms with Gasteiger partial charge in [0.05, 0.1) is 0 Å². The average molecular weight is 361 g/mol. The van der Waals surface area contributed by atoms with Gasteiger partial charge in [-0.05, 0) is 24.0 Å². The number of benzene rings is 1. The first-order valence-corrected chi connectivity index (χ1v) is 11.5. The first-order chi connectivity index (χ1) is 12.7. The normalized spacial score (nSPS) is 12.4. The van der Waals surface area contributed by atoms with E-state index in [1.165, 1.54) is 96.3 Å². The van der Waals surface area contributed by atoms with E-state index < -0.39 is 0 Å². The monoisotopic (exact) mass is 360 g/mol. The van der Waals surface area contributed by atoms with E-state index in [1.54, 1.807) is 6.07 Å². The minimum atomic E-state index is 0.459. The molecule has 1 aromatic rings. The lowest BCUT2D eigenvalue weighted by Crippen LogP contribution is -2.00. The molecule has 0 aromatic heterocycles. The highest BCUT2D eigenvalue weighted by atomic mass is 16.3. The second kappa shape index (κ2) is 16.2. The molecule has 0 spiro atoms. The minimum Gasteiger partial charge on any atom is -0.508 e. The molecule has 0 saturated heterocycles. The third-order valence-electron chi connectivity index (χ3n) is 5.61. The van der Waals surface area contributed by atoms with Gasteiger partial charge in [-0.1, -0.05) is 128 Å². The van der Waals surface area contributed by atoms with Gasteiger partial charge in [-0.2, -0.15) is 0 Å². The third-order valence-corrected chi connectivity index (χ3v) is 5.61. The van der Waals surface area contributed by atoms with Gasteiger partial charge >= 0.3 is 0 Å². The molecule has 0 saturated carbocycles. The van der Waals surface area contributed by atoms with Crippen molar-refractivity contribution < 1.29 is 5.11 Å². The van der Waals surface area contributed by atoms with Crippen molar-refractivity contribution in [3.8, 4) is 5.75 Å². The summed E-state index contributed by atoms with van der Waals surface area (Å²) >= 11 is 0. The largest absolute Gasteiger partial charge is 0.508 e. The van der Waals surface area contributed by atoms with Crippen LogP contribution in [0.4, 0.5) is 0 Å². The van der Waals surface area contributed by atoms with E-state index >= 15 is 0 Å². The van der Waals surface area contributed by atoms with E-state index in [4.69, 9.17) is 0 Å². The van der Waals surface area contributed by atoms with Crippen molar-refractivity contribution in [2.45, 2.75) is 117 Å². The molecule has 26 heavy (non-hydrogen) atoms. The SMILES string of the molecule is CCCCCCCCCCCCCCCCC(C)Cc1ccccc1O. The Balaban J connectivity index is 1.84. The van der Waals surface area contributed by atoms with Gasteiger partial charge in [0, 0.05) is 0 Å². The van der Waals surface area contributed by atoms with Gasteiger partial charge in [-0.15, -0.1) is 0 Å². The number of hydrogen-bond acceptors (Lipinski definition) is 1. The van der Waals surface area contributed by atoms with Crippen molar-refractivity contribution >= 4 is 0 Å². The highest BCUT2D eigenvalue weighted by Crippen LogP contribution is 2.22. The number of hydrogen-bond donors (Lipinski definition) is 1. The molecule has 1 rings (SSSR count). The summed E-state index contributed by atoms with van der Waals surface area (Å²) in [6.45, 7) is 4.60. The fourth-order valence-electron chi connectivity index (χ4n) is 3.85. The number of aromatic hydroxyl groups is 1. The summed E-state index contributed by atoms with van der Waals surface area (Å²) in [6.07, 6.45) is 22.2. The van der Waals surface area contributed by atoms with Crippen LogP contribution in [0.25, 0.3) is 0 Å². The predicted octanol–water partition coefficient (Wildman–Crippen LogP) is 8.44. The van der Waals surface area contributed by atoms with Crippen LogP contribution in [0.2, 0.25) is 0 Å². The zero-order chi connectivity index (χ0) is 18.9. The van der Waals surface area contributed by atoms with Crippen LogP contribution in [0, 0.1) is 5.92 Å². The molecule has 0 aliphatic carbocycles. The Labute approximate surface area is 163 Å². The number of rotatable bonds is 17. The van der Waals surface area contributed by atoms with Crippen molar-refractivity contribution in [3.05, 3.63) is 29.8 Å². The molecule has 1 unspecified atom stereocenters. The average Bonchev–Trinajstić information content (AvgIpc) is 2.64. The zero-order valence-electron chi connectivity index (χ0n) is 17.6. The first-order valence-electron chi connectivity index (χ1n) is 11.5. The second-order valence-electron chi connectivity index (χ2n) is 8.32. The highest BCUT2D eigenvalue weighted by molar-refractivity contribution is 5.31. The molecule has 150 valence electrons. The number of phenols is 1. The van der Waals surface area contributed by atoms with Gasteiger partial charge in [-0.3, -0.25) is 0 Å². The topological polar surface area (TPSA) is 20.2 Å². The van der Waals surface area contributed by atoms with Crippen LogP contribution >= 0.6 is 0 Å². The zero-order valence-corrected chi connectivity index (χ0v) is 17.6. The molecular formula is C25H44O. The maximum atomic E-state index is 9.85. The van der Waals surface area contributed by atoms with Crippen LogP contribution in [0.1, 0.15) is 116 Å². The lowest BCUT2D eigenvalue weighted by molar-refractivity contribution is 0.444. The third kappa shape index (κ3) is 12.4. The molecule has 1 heteroatoms. The quantitative estimate of drug-likeness (QED) is 0.276. The molecule has 0 heterocycles. The maximum Gasteiger partial charge on any atom is 0.118 e. The van der Waals surface area contributed by atoms with Crippen molar-refractivity contribution in [2.24, 2.45) is 5.92 Å². The molecular weight excluding hydrogens is 316 g/mol. The Bertz CT molecular complexity index is 426. The van der Waals surface area contributed by atoms with Gasteiger partial charge < -0.3 is 5.11 Å². The number of phenolic OH excluding ortho intramolecular Hbond substituents is 1. The fraction of sp³-hybridized carbons (Fsp3) is 0.760. The lowest BCUT2D eigenvalue weighted by atomic mass is 9.94. The molecule has 0 fully saturated rings. The Morgan fingerprint density at radius 1 is 0.692 bits per heavy atom. The van der Waals surface area contributed by atoms with Gasteiger partial charge in [-0.25, -0.2) is 0 Å². The molecule has 0 amide bonds. The molecule has 0 aliphatic rings. The minimum absolute atomic E-state index is 0.459. The molecule has 1 N–H and O–H groups in total. The van der Waals surface area contributed by atoms with Crippen LogP contribution in [0.5, 0.6) is 5.75 Å². The van der Waals surface area contributed by atoms with E-state index in [0.717, 1.165) is 12.0 Å². The van der Waals surface area contributed by atoms with Crippen LogP contribution < -0.4 is 0 Å². The molecule has 1 atom stereocenters. The van der Waals surface area contributed by atoms with Crippen molar-refractivity contribution in [1.29, 1.82) is 0 Å². The van der Waals surface area contributed by atoms with E-state index in [-0.39, 0.29) is 0 Å². The molecule has 1 aromatic carbocycles. The van der Waals surface area contributed by atoms with E-state index in [1.807, 2.05) is 12.1 Å². The second-order valence-corrected chi connectivity index (χ2v) is 8.32. The van der Waals surface area contributed by atoms with E-state index in [2.05, 4.69) is 19.9 Å². The van der Waals surface area contributed by atoms with E-state index in [9.17, 15) is 5.11 Å². The Kier molecular flexibility index (Phi) is 14.4. The Morgan fingerprint density at radius 2 is 1.15 bits per heavy atom. The van der Waals surface area contributed by atoms with Crippen molar-refractivity contribution in [3.63, 3.8) is 0 Å². The van der Waals surface area contributed by atoms with Crippen LogP contribution in [0.3, 0.4) is 0 Å². The fourth-order valence-corrected chi connectivity index (χ4v) is 3.85. The molecule has 1 nitrogen and oxygen atoms in total. The van der Waals surface area contributed by atoms with Gasteiger partial charge in [0.25, 0.3) is 0 Å². The number of para-hydroxylation sites is 1. The summed E-state index contributed by atoms with van der Waals surface area (Å²) in [5.41, 5.74) is 1.10. The van der Waals surface area contributed by atoms with Gasteiger partial charge in [0.2, 0.25) is 0 Å². The molecule has 0 radical (unpaired) electrons. The van der Waals surface area contributed by atoms with E-state index in [0.29, 0.717) is 11.7 Å². The van der Waals surface area contributed by atoms with Crippen LogP contribution in [-0.4, -0.2) is 5.11 Å². The van der Waals surface area contributed by atoms with Gasteiger partial charge in [0.15, 0.2) is 0 Å². The number of unbranched alkanes of at least 4 members (excludes halogenated alkanes) is 13. The van der Waals surface area contributed by atoms with Crippen molar-refractivity contribution in [2.75, 3.05) is 0 Å². The predicted molar refractivity (Wildman–Crippen MR) is 116 cm³/mol. The lowest BCUT2D eigenvalue weighted by Gasteiger charge is -2.12. The standard InChI is InChI=1S/C25H44O/c1-3-4-5-6-7-8-9-10-11-12-13-14-15-16-19-23(2)22-24-20-17-18-21-25(24)26/h17-18,20-21,23,26H,3-16,19,22H2,1-2H3. The maximum absolute atomic E-state index is 9.85. The first kappa shape index (κ1) is 23.1. The summed E-state index contributed by atoms with van der Waals surface area (Å²) in [6, 6.07) is 7.77. The van der Waals surface area contributed by atoms with Crippen LogP contribution in [0.15, 0.2) is 24.3 Å². The van der Waals surface area contributed by atoms with Gasteiger partial charge in [0.1, 0.15) is 5.75 Å². The summed E-state index contributed by atoms with van der Waals surface area (Å²) in [4.78, 5) is 0. The highest BCUT2D eigenvalue weighted by Gasteiger charge is 2.06. The molecule has 0 aliphatic heterocycles. The summed E-state index contributed by atoms with van der Waals surface area (Å²) in [7, 11) is 0. The molecule has 0 bridgehead atoms. The Hall–Kier alpha value is -0.980.